The van der Waals surface area contributed by atoms with Crippen LogP contribution in [0, 0.1) is 12.3 Å². The van der Waals surface area contributed by atoms with Gasteiger partial charge in [-0.05, 0) is 32.4 Å². The highest BCUT2D eigenvalue weighted by molar-refractivity contribution is 5.98. The van der Waals surface area contributed by atoms with Crippen molar-refractivity contribution in [3.63, 3.8) is 0 Å². The Morgan fingerprint density at radius 2 is 2.05 bits per heavy atom. The van der Waals surface area contributed by atoms with Gasteiger partial charge < -0.3 is 15.2 Å². The highest BCUT2D eigenvalue weighted by atomic mass is 16.5. The lowest BCUT2D eigenvalue weighted by molar-refractivity contribution is -0.0730. The number of aromatic nitrogens is 1. The topological polar surface area (TPSA) is 81.2 Å². The van der Waals surface area contributed by atoms with Gasteiger partial charge in [0.05, 0.1) is 17.8 Å². The van der Waals surface area contributed by atoms with Crippen LogP contribution < -0.4 is 10.5 Å². The Morgan fingerprint density at radius 3 is 2.63 bits per heavy atom. The molecule has 5 heteroatoms. The molecule has 0 saturated carbocycles. The largest absolute Gasteiger partial charge is 0.474 e. The Hall–Kier alpha value is -1.62. The van der Waals surface area contributed by atoms with E-state index in [4.69, 9.17) is 20.6 Å². The van der Waals surface area contributed by atoms with E-state index in [1.807, 2.05) is 26.8 Å². The van der Waals surface area contributed by atoms with E-state index in [2.05, 4.69) is 4.98 Å². The first kappa shape index (κ1) is 13.8. The minimum absolute atomic E-state index is 0.00578. The molecule has 104 valence electrons. The third-order valence-electron chi connectivity index (χ3n) is 3.33. The van der Waals surface area contributed by atoms with Crippen molar-refractivity contribution in [3.05, 3.63) is 23.4 Å². The van der Waals surface area contributed by atoms with E-state index < -0.39 is 0 Å². The number of hydrogen-bond acceptors (Lipinski definition) is 4. The molecule has 2 heterocycles. The normalized spacial score (nSPS) is 27.0. The third kappa shape index (κ3) is 3.23. The van der Waals surface area contributed by atoms with Crippen molar-refractivity contribution in [2.45, 2.75) is 51.9 Å². The van der Waals surface area contributed by atoms with Crippen molar-refractivity contribution in [1.82, 2.24) is 4.98 Å². The van der Waals surface area contributed by atoms with Crippen LogP contribution in [0.15, 0.2) is 12.3 Å². The predicted molar refractivity (Wildman–Crippen MR) is 73.6 cm³/mol. The van der Waals surface area contributed by atoms with Crippen molar-refractivity contribution in [3.8, 4) is 5.88 Å². The zero-order valence-corrected chi connectivity index (χ0v) is 11.6. The van der Waals surface area contributed by atoms with Gasteiger partial charge in [-0.25, -0.2) is 4.98 Å². The van der Waals surface area contributed by atoms with Crippen molar-refractivity contribution < 1.29 is 9.47 Å². The summed E-state index contributed by atoms with van der Waals surface area (Å²) in [4.78, 5) is 4.22. The number of ether oxygens (including phenoxy) is 2. The third-order valence-corrected chi connectivity index (χ3v) is 3.33. The molecule has 1 aromatic heterocycles. The molecule has 2 atom stereocenters. The summed E-state index contributed by atoms with van der Waals surface area (Å²) in [5, 5.41) is 7.65. The number of aryl methyl sites for hydroxylation is 1. The molecule has 0 bridgehead atoms. The lowest BCUT2D eigenvalue weighted by Gasteiger charge is -2.32. The van der Waals surface area contributed by atoms with Crippen LogP contribution in [0.25, 0.3) is 0 Å². The van der Waals surface area contributed by atoms with E-state index in [0.717, 1.165) is 18.4 Å². The van der Waals surface area contributed by atoms with Crippen LogP contribution in [-0.2, 0) is 4.74 Å². The van der Waals surface area contributed by atoms with Crippen molar-refractivity contribution >= 4 is 5.84 Å². The molecule has 1 aromatic rings. The smallest absolute Gasteiger partial charge is 0.225 e. The summed E-state index contributed by atoms with van der Waals surface area (Å²) in [6.45, 7) is 5.99. The minimum atomic E-state index is -0.00578. The number of hydrogen-bond donors (Lipinski definition) is 2. The first-order valence-corrected chi connectivity index (χ1v) is 6.59. The average molecular weight is 263 g/mol. The number of amidine groups is 1. The van der Waals surface area contributed by atoms with Gasteiger partial charge in [-0.15, -0.1) is 0 Å². The molecule has 1 fully saturated rings. The van der Waals surface area contributed by atoms with Gasteiger partial charge in [0.1, 0.15) is 11.9 Å². The van der Waals surface area contributed by atoms with E-state index in [1.54, 1.807) is 6.20 Å². The summed E-state index contributed by atoms with van der Waals surface area (Å²) < 4.78 is 11.6. The van der Waals surface area contributed by atoms with E-state index in [1.165, 1.54) is 0 Å². The number of nitrogens with one attached hydrogen (secondary N) is 1. The van der Waals surface area contributed by atoms with E-state index in [9.17, 15) is 0 Å². The molecular weight excluding hydrogens is 242 g/mol. The lowest BCUT2D eigenvalue weighted by atomic mass is 10.0. The minimum Gasteiger partial charge on any atom is -0.474 e. The second kappa shape index (κ2) is 5.57. The Morgan fingerprint density at radius 1 is 1.42 bits per heavy atom. The van der Waals surface area contributed by atoms with Gasteiger partial charge in [0, 0.05) is 19.0 Å². The van der Waals surface area contributed by atoms with E-state index in [0.29, 0.717) is 11.4 Å². The molecule has 5 nitrogen and oxygen atoms in total. The van der Waals surface area contributed by atoms with Gasteiger partial charge >= 0.3 is 0 Å². The predicted octanol–water partition coefficient (Wildman–Crippen LogP) is 2.01. The second-order valence-electron chi connectivity index (χ2n) is 5.19. The fourth-order valence-electron chi connectivity index (χ4n) is 2.55. The molecule has 0 aliphatic carbocycles. The van der Waals surface area contributed by atoms with Crippen LogP contribution >= 0.6 is 0 Å². The monoisotopic (exact) mass is 263 g/mol. The SMILES string of the molecule is Cc1ccnc(OC2CC(C)OC(C)C2)c1C(=N)N. The fourth-order valence-corrected chi connectivity index (χ4v) is 2.55. The Balaban J connectivity index is 2.19. The van der Waals surface area contributed by atoms with E-state index in [-0.39, 0.29) is 24.1 Å². The van der Waals surface area contributed by atoms with Crippen molar-refractivity contribution in [1.29, 1.82) is 5.41 Å². The summed E-state index contributed by atoms with van der Waals surface area (Å²) in [5.74, 6) is 0.451. The zero-order chi connectivity index (χ0) is 14.0. The molecule has 2 rings (SSSR count). The van der Waals surface area contributed by atoms with Gasteiger partial charge in [-0.3, -0.25) is 5.41 Å². The first-order valence-electron chi connectivity index (χ1n) is 6.59. The van der Waals surface area contributed by atoms with E-state index >= 15 is 0 Å². The highest BCUT2D eigenvalue weighted by Gasteiger charge is 2.27. The first-order chi connectivity index (χ1) is 8.97. The fraction of sp³-hybridized carbons (Fsp3) is 0.571. The lowest BCUT2D eigenvalue weighted by Crippen LogP contribution is -2.36. The number of rotatable bonds is 3. The molecule has 3 N–H and O–H groups in total. The number of nitrogens with two attached hydrogens (primary N) is 1. The molecule has 0 radical (unpaired) electrons. The molecule has 19 heavy (non-hydrogen) atoms. The Bertz CT molecular complexity index is 466. The summed E-state index contributed by atoms with van der Waals surface area (Å²) in [5.41, 5.74) is 7.11. The molecule has 0 amide bonds. The highest BCUT2D eigenvalue weighted by Crippen LogP contribution is 2.26. The average Bonchev–Trinajstić information content (AvgIpc) is 2.26. The Kier molecular flexibility index (Phi) is 4.04. The zero-order valence-electron chi connectivity index (χ0n) is 11.6. The van der Waals surface area contributed by atoms with Gasteiger partial charge in [0.2, 0.25) is 5.88 Å². The van der Waals surface area contributed by atoms with Crippen LogP contribution in [0.2, 0.25) is 0 Å². The van der Waals surface area contributed by atoms with Crippen molar-refractivity contribution in [2.24, 2.45) is 5.73 Å². The molecule has 2 unspecified atom stereocenters. The van der Waals surface area contributed by atoms with Gasteiger partial charge in [-0.1, -0.05) is 0 Å². The Labute approximate surface area is 113 Å². The van der Waals surface area contributed by atoms with Crippen LogP contribution in [0.1, 0.15) is 37.8 Å². The molecule has 0 spiro atoms. The summed E-state index contributed by atoms with van der Waals surface area (Å²) in [6.07, 6.45) is 3.77. The second-order valence-corrected chi connectivity index (χ2v) is 5.19. The quantitative estimate of drug-likeness (QED) is 0.645. The number of pyridine rings is 1. The van der Waals surface area contributed by atoms with Gasteiger partial charge in [0.25, 0.3) is 0 Å². The maximum atomic E-state index is 7.65. The summed E-state index contributed by atoms with van der Waals surface area (Å²) in [7, 11) is 0. The van der Waals surface area contributed by atoms with Crippen LogP contribution in [0.4, 0.5) is 0 Å². The summed E-state index contributed by atoms with van der Waals surface area (Å²) in [6, 6.07) is 1.83. The molecule has 0 aromatic carbocycles. The van der Waals surface area contributed by atoms with Gasteiger partial charge in [-0.2, -0.15) is 0 Å². The maximum Gasteiger partial charge on any atom is 0.225 e. The number of nitrogens with zero attached hydrogens (tertiary/aromatic N) is 1. The standard InChI is InChI=1S/C14H21N3O2/c1-8-4-5-17-14(12(8)13(15)16)19-11-6-9(2)18-10(3)7-11/h4-5,9-11H,6-7H2,1-3H3,(H3,15,16). The molecular formula is C14H21N3O2. The maximum absolute atomic E-state index is 7.65. The van der Waals surface area contributed by atoms with Crippen LogP contribution in [-0.4, -0.2) is 29.1 Å². The van der Waals surface area contributed by atoms with Crippen LogP contribution in [0.3, 0.4) is 0 Å². The molecule has 1 aliphatic heterocycles. The van der Waals surface area contributed by atoms with Gasteiger partial charge in [0.15, 0.2) is 0 Å². The molecule has 1 aliphatic rings. The van der Waals surface area contributed by atoms with Crippen molar-refractivity contribution in [2.75, 3.05) is 0 Å². The molecule has 1 saturated heterocycles. The van der Waals surface area contributed by atoms with Crippen LogP contribution in [0.5, 0.6) is 5.88 Å². The summed E-state index contributed by atoms with van der Waals surface area (Å²) >= 11 is 0. The number of nitrogen functional groups attached to an aromatic ring is 1.